The number of aromatic nitrogens is 3. The molecule has 1 aliphatic heterocycles. The molecule has 2 aromatic heterocycles. The van der Waals surface area contributed by atoms with Gasteiger partial charge in [0.2, 0.25) is 0 Å². The van der Waals surface area contributed by atoms with E-state index in [1.165, 1.54) is 6.21 Å². The SMILES string of the molecule is CC1COCCN1c1cc(C2(O)CCCCC2)c(C=N)c(Nc2ccn[nH]2)n1. The van der Waals surface area contributed by atoms with Crippen LogP contribution in [0.5, 0.6) is 0 Å². The van der Waals surface area contributed by atoms with Crippen LogP contribution in [0.25, 0.3) is 0 Å². The molecule has 1 saturated carbocycles. The van der Waals surface area contributed by atoms with Gasteiger partial charge in [-0.3, -0.25) is 5.10 Å². The quantitative estimate of drug-likeness (QED) is 0.590. The van der Waals surface area contributed by atoms with Crippen LogP contribution in [0.4, 0.5) is 17.5 Å². The number of hydrogen-bond acceptors (Lipinski definition) is 7. The number of pyridine rings is 1. The second kappa shape index (κ2) is 7.89. The number of anilines is 3. The van der Waals surface area contributed by atoms with Crippen molar-refractivity contribution in [2.24, 2.45) is 0 Å². The molecule has 4 rings (SSSR count). The van der Waals surface area contributed by atoms with Gasteiger partial charge in [0.05, 0.1) is 31.1 Å². The van der Waals surface area contributed by atoms with E-state index < -0.39 is 5.60 Å². The maximum Gasteiger partial charge on any atom is 0.143 e. The van der Waals surface area contributed by atoms with Crippen molar-refractivity contribution >= 4 is 23.7 Å². The van der Waals surface area contributed by atoms with E-state index in [0.29, 0.717) is 43.3 Å². The highest BCUT2D eigenvalue weighted by Gasteiger charge is 2.35. The molecule has 8 nitrogen and oxygen atoms in total. The number of H-pyrrole nitrogens is 1. The third kappa shape index (κ3) is 3.62. The summed E-state index contributed by atoms with van der Waals surface area (Å²) in [6.45, 7) is 4.17. The van der Waals surface area contributed by atoms with Crippen LogP contribution in [0.2, 0.25) is 0 Å². The largest absolute Gasteiger partial charge is 0.385 e. The number of morpholine rings is 1. The van der Waals surface area contributed by atoms with Gasteiger partial charge in [-0.25, -0.2) is 4.98 Å². The van der Waals surface area contributed by atoms with Gasteiger partial charge in [-0.05, 0) is 31.4 Å². The molecular weight excluding hydrogens is 356 g/mol. The number of ether oxygens (including phenoxy) is 1. The van der Waals surface area contributed by atoms with E-state index >= 15 is 0 Å². The average molecular weight is 384 g/mol. The Bertz CT molecular complexity index is 816. The number of nitrogens with one attached hydrogen (secondary N) is 3. The molecule has 0 spiro atoms. The minimum absolute atomic E-state index is 0.195. The fraction of sp³-hybridized carbons (Fsp3) is 0.550. The van der Waals surface area contributed by atoms with E-state index in [4.69, 9.17) is 15.1 Å². The maximum atomic E-state index is 11.5. The molecule has 2 fully saturated rings. The Morgan fingerprint density at radius 1 is 1.39 bits per heavy atom. The number of rotatable bonds is 5. The Labute approximate surface area is 164 Å². The number of nitrogens with zero attached hydrogens (tertiary/aromatic N) is 3. The van der Waals surface area contributed by atoms with Crippen molar-refractivity contribution < 1.29 is 9.84 Å². The van der Waals surface area contributed by atoms with Crippen LogP contribution in [-0.2, 0) is 10.3 Å². The van der Waals surface area contributed by atoms with Crippen molar-refractivity contribution in [3.63, 3.8) is 0 Å². The van der Waals surface area contributed by atoms with Gasteiger partial charge in [-0.2, -0.15) is 5.10 Å². The van der Waals surface area contributed by atoms with Gasteiger partial charge < -0.3 is 25.5 Å². The van der Waals surface area contributed by atoms with Gasteiger partial charge in [0.25, 0.3) is 0 Å². The Morgan fingerprint density at radius 2 is 2.21 bits per heavy atom. The Hall–Kier alpha value is -2.45. The lowest BCUT2D eigenvalue weighted by molar-refractivity contribution is -0.000749. The standard InChI is InChI=1S/C20H28N6O2/c1-14-13-28-10-9-26(14)18-11-16(20(27)6-3-2-4-7-20)15(12-21)19(24-18)23-17-5-8-22-25-17/h5,8,11-12,14,21,27H,2-4,6-7,9-10,13H2,1H3,(H2,22,23,24,25). The van der Waals surface area contributed by atoms with Crippen molar-refractivity contribution in [2.75, 3.05) is 30.0 Å². The Morgan fingerprint density at radius 3 is 2.89 bits per heavy atom. The molecule has 1 unspecified atom stereocenters. The van der Waals surface area contributed by atoms with Crippen LogP contribution in [0.1, 0.15) is 50.2 Å². The zero-order chi connectivity index (χ0) is 19.6. The summed E-state index contributed by atoms with van der Waals surface area (Å²) in [4.78, 5) is 7.04. The van der Waals surface area contributed by atoms with Crippen molar-refractivity contribution in [3.8, 4) is 0 Å². The molecule has 0 radical (unpaired) electrons. The molecule has 28 heavy (non-hydrogen) atoms. The Kier molecular flexibility index (Phi) is 5.32. The summed E-state index contributed by atoms with van der Waals surface area (Å²) in [5, 5.41) is 29.6. The second-order valence-corrected chi connectivity index (χ2v) is 7.74. The van der Waals surface area contributed by atoms with Gasteiger partial charge in [0.15, 0.2) is 0 Å². The van der Waals surface area contributed by atoms with Crippen LogP contribution in [0.15, 0.2) is 18.3 Å². The summed E-state index contributed by atoms with van der Waals surface area (Å²) < 4.78 is 5.58. The first kappa shape index (κ1) is 18.9. The lowest BCUT2D eigenvalue weighted by Gasteiger charge is -2.37. The van der Waals surface area contributed by atoms with E-state index in [1.807, 2.05) is 12.1 Å². The minimum atomic E-state index is -0.928. The summed E-state index contributed by atoms with van der Waals surface area (Å²) in [6, 6.07) is 3.99. The first-order chi connectivity index (χ1) is 13.6. The summed E-state index contributed by atoms with van der Waals surface area (Å²) in [7, 11) is 0. The molecule has 1 saturated heterocycles. The molecule has 2 aliphatic rings. The average Bonchev–Trinajstić information content (AvgIpc) is 3.21. The smallest absolute Gasteiger partial charge is 0.143 e. The topological polar surface area (TPSA) is 110 Å². The van der Waals surface area contributed by atoms with Crippen LogP contribution in [-0.4, -0.2) is 52.3 Å². The third-order valence-corrected chi connectivity index (χ3v) is 5.79. The maximum absolute atomic E-state index is 11.5. The summed E-state index contributed by atoms with van der Waals surface area (Å²) in [5.41, 5.74) is 0.486. The van der Waals surface area contributed by atoms with Crippen LogP contribution >= 0.6 is 0 Å². The molecular formula is C20H28N6O2. The highest BCUT2D eigenvalue weighted by atomic mass is 16.5. The molecule has 1 aliphatic carbocycles. The zero-order valence-electron chi connectivity index (χ0n) is 16.2. The number of aliphatic hydroxyl groups is 1. The second-order valence-electron chi connectivity index (χ2n) is 7.74. The molecule has 0 amide bonds. The van der Waals surface area contributed by atoms with Gasteiger partial charge in [0.1, 0.15) is 17.5 Å². The van der Waals surface area contributed by atoms with E-state index in [0.717, 1.165) is 37.2 Å². The van der Waals surface area contributed by atoms with E-state index in [9.17, 15) is 5.11 Å². The van der Waals surface area contributed by atoms with Crippen LogP contribution in [0, 0.1) is 5.41 Å². The van der Waals surface area contributed by atoms with Crippen molar-refractivity contribution in [3.05, 3.63) is 29.5 Å². The molecule has 2 aromatic rings. The van der Waals surface area contributed by atoms with Gasteiger partial charge in [-0.15, -0.1) is 0 Å². The van der Waals surface area contributed by atoms with Gasteiger partial charge >= 0.3 is 0 Å². The van der Waals surface area contributed by atoms with E-state index in [-0.39, 0.29) is 6.04 Å². The van der Waals surface area contributed by atoms with E-state index in [2.05, 4.69) is 27.3 Å². The predicted octanol–water partition coefficient (Wildman–Crippen LogP) is 2.92. The predicted molar refractivity (Wildman–Crippen MR) is 109 cm³/mol. The normalized spacial score (nSPS) is 22.1. The number of aromatic amines is 1. The molecule has 3 heterocycles. The summed E-state index contributed by atoms with van der Waals surface area (Å²) >= 11 is 0. The fourth-order valence-electron chi connectivity index (χ4n) is 4.24. The third-order valence-electron chi connectivity index (χ3n) is 5.79. The lowest BCUT2D eigenvalue weighted by atomic mass is 9.78. The molecule has 4 N–H and O–H groups in total. The van der Waals surface area contributed by atoms with Crippen molar-refractivity contribution in [1.29, 1.82) is 5.41 Å². The lowest BCUT2D eigenvalue weighted by Crippen LogP contribution is -2.44. The fourth-order valence-corrected chi connectivity index (χ4v) is 4.24. The number of hydrogen-bond donors (Lipinski definition) is 4. The molecule has 0 aromatic carbocycles. The highest BCUT2D eigenvalue weighted by Crippen LogP contribution is 2.41. The van der Waals surface area contributed by atoms with E-state index in [1.54, 1.807) is 6.20 Å². The van der Waals surface area contributed by atoms with Crippen LogP contribution in [0.3, 0.4) is 0 Å². The van der Waals surface area contributed by atoms with Gasteiger partial charge in [-0.1, -0.05) is 19.3 Å². The molecule has 150 valence electrons. The first-order valence-corrected chi connectivity index (χ1v) is 10.00. The zero-order valence-corrected chi connectivity index (χ0v) is 16.2. The summed E-state index contributed by atoms with van der Waals surface area (Å²) in [5.74, 6) is 2.06. The van der Waals surface area contributed by atoms with Crippen molar-refractivity contribution in [2.45, 2.75) is 50.7 Å². The first-order valence-electron chi connectivity index (χ1n) is 10.00. The molecule has 1 atom stereocenters. The minimum Gasteiger partial charge on any atom is -0.385 e. The van der Waals surface area contributed by atoms with Crippen LogP contribution < -0.4 is 10.2 Å². The van der Waals surface area contributed by atoms with Crippen molar-refractivity contribution in [1.82, 2.24) is 15.2 Å². The summed E-state index contributed by atoms with van der Waals surface area (Å²) in [6.07, 6.45) is 7.49. The van der Waals surface area contributed by atoms with Gasteiger partial charge in [0, 0.05) is 24.4 Å². The highest BCUT2D eigenvalue weighted by molar-refractivity contribution is 5.89. The Balaban J connectivity index is 1.82. The molecule has 0 bridgehead atoms. The molecule has 8 heteroatoms. The monoisotopic (exact) mass is 384 g/mol.